The number of hydrogen-bond donors (Lipinski definition) is 2. The van der Waals surface area contributed by atoms with E-state index in [0.29, 0.717) is 47.9 Å². The number of fused-ring (bicyclic) bond motifs is 1. The average molecular weight is 528 g/mol. The maximum Gasteiger partial charge on any atom is 0.323 e. The van der Waals surface area contributed by atoms with Gasteiger partial charge in [-0.1, -0.05) is 51.1 Å². The number of benzene rings is 3. The van der Waals surface area contributed by atoms with Gasteiger partial charge in [0, 0.05) is 36.1 Å². The predicted octanol–water partition coefficient (Wildman–Crippen LogP) is 6.21. The van der Waals surface area contributed by atoms with Gasteiger partial charge in [0.05, 0.1) is 31.7 Å². The second kappa shape index (κ2) is 11.2. The van der Waals surface area contributed by atoms with E-state index in [1.165, 1.54) is 0 Å². The average Bonchev–Trinajstić information content (AvgIpc) is 2.94. The molecule has 0 aliphatic carbocycles. The summed E-state index contributed by atoms with van der Waals surface area (Å²) in [5.74, 6) is 2.28. The second-order valence-corrected chi connectivity index (χ2v) is 10.3. The molecule has 2 heterocycles. The molecule has 2 N–H and O–H groups in total. The Labute approximate surface area is 228 Å². The lowest BCUT2D eigenvalue weighted by Gasteiger charge is -2.26. The van der Waals surface area contributed by atoms with Gasteiger partial charge in [-0.2, -0.15) is 4.98 Å². The molecule has 1 aliphatic rings. The van der Waals surface area contributed by atoms with Gasteiger partial charge >= 0.3 is 6.03 Å². The van der Waals surface area contributed by atoms with Gasteiger partial charge in [0.25, 0.3) is 0 Å². The standard InChI is InChI=1S/C30H33N5O4/c1-30(2,3)20-9-11-26(37-4)24(19-20)33-29(36)32-23-10-12-25(22-8-6-5-7-21(22)23)39-27-13-14-31-28(34-27)35-15-17-38-18-16-35/h5-14,19H,15-18H2,1-4H3,(H2,32,33,36). The van der Waals surface area contributed by atoms with Crippen LogP contribution >= 0.6 is 0 Å². The minimum Gasteiger partial charge on any atom is -0.495 e. The van der Waals surface area contributed by atoms with Crippen LogP contribution in [0.2, 0.25) is 0 Å². The molecular weight excluding hydrogens is 494 g/mol. The van der Waals surface area contributed by atoms with Crippen molar-refractivity contribution in [2.75, 3.05) is 48.9 Å². The molecule has 0 saturated carbocycles. The van der Waals surface area contributed by atoms with Crippen LogP contribution < -0.4 is 25.0 Å². The zero-order valence-corrected chi connectivity index (χ0v) is 22.7. The number of morpholine rings is 1. The molecule has 4 aromatic rings. The summed E-state index contributed by atoms with van der Waals surface area (Å²) in [6, 6.07) is 18.6. The van der Waals surface area contributed by atoms with Crippen molar-refractivity contribution >= 4 is 34.1 Å². The van der Waals surface area contributed by atoms with Gasteiger partial charge in [0.2, 0.25) is 11.8 Å². The normalized spacial score (nSPS) is 13.7. The molecule has 0 unspecified atom stereocenters. The van der Waals surface area contributed by atoms with E-state index in [1.54, 1.807) is 19.4 Å². The fourth-order valence-corrected chi connectivity index (χ4v) is 4.44. The van der Waals surface area contributed by atoms with E-state index in [0.717, 1.165) is 29.4 Å². The molecule has 0 spiro atoms. The third kappa shape index (κ3) is 6.04. The van der Waals surface area contributed by atoms with Gasteiger partial charge in [-0.05, 0) is 35.2 Å². The summed E-state index contributed by atoms with van der Waals surface area (Å²) in [5.41, 5.74) is 2.27. The maximum absolute atomic E-state index is 13.1. The van der Waals surface area contributed by atoms with Crippen LogP contribution in [0.25, 0.3) is 10.8 Å². The number of nitrogens with one attached hydrogen (secondary N) is 2. The first kappa shape index (κ1) is 26.2. The smallest absolute Gasteiger partial charge is 0.323 e. The summed E-state index contributed by atoms with van der Waals surface area (Å²) < 4.78 is 17.1. The Morgan fingerprint density at radius 3 is 2.38 bits per heavy atom. The molecule has 1 aromatic heterocycles. The summed E-state index contributed by atoms with van der Waals surface area (Å²) >= 11 is 0. The second-order valence-electron chi connectivity index (χ2n) is 10.3. The molecule has 3 aromatic carbocycles. The number of amides is 2. The number of nitrogens with zero attached hydrogens (tertiary/aromatic N) is 3. The lowest BCUT2D eigenvalue weighted by atomic mass is 9.87. The Bertz CT molecular complexity index is 1480. The molecule has 2 amide bonds. The molecule has 0 radical (unpaired) electrons. The first-order valence-corrected chi connectivity index (χ1v) is 12.9. The Kier molecular flexibility index (Phi) is 7.51. The molecule has 0 bridgehead atoms. The molecule has 1 fully saturated rings. The first-order chi connectivity index (χ1) is 18.8. The first-order valence-electron chi connectivity index (χ1n) is 12.9. The van der Waals surface area contributed by atoms with Crippen LogP contribution in [0, 0.1) is 0 Å². The van der Waals surface area contributed by atoms with Crippen LogP contribution in [0.3, 0.4) is 0 Å². The number of aromatic nitrogens is 2. The van der Waals surface area contributed by atoms with E-state index in [4.69, 9.17) is 14.2 Å². The van der Waals surface area contributed by atoms with Gasteiger partial charge in [-0.25, -0.2) is 9.78 Å². The summed E-state index contributed by atoms with van der Waals surface area (Å²) in [4.78, 5) is 24.2. The Hall–Kier alpha value is -4.37. The molecule has 9 nitrogen and oxygen atoms in total. The number of urea groups is 1. The number of carbonyl (C=O) groups is 1. The van der Waals surface area contributed by atoms with Gasteiger partial charge in [-0.15, -0.1) is 0 Å². The van der Waals surface area contributed by atoms with E-state index < -0.39 is 0 Å². The highest BCUT2D eigenvalue weighted by molar-refractivity contribution is 6.08. The molecule has 39 heavy (non-hydrogen) atoms. The summed E-state index contributed by atoms with van der Waals surface area (Å²) in [7, 11) is 1.59. The third-order valence-electron chi connectivity index (χ3n) is 6.57. The zero-order chi connectivity index (χ0) is 27.4. The number of carbonyl (C=O) groups excluding carboxylic acids is 1. The Morgan fingerprint density at radius 2 is 1.64 bits per heavy atom. The van der Waals surface area contributed by atoms with E-state index in [1.807, 2.05) is 54.6 Å². The maximum atomic E-state index is 13.1. The van der Waals surface area contributed by atoms with E-state index in [-0.39, 0.29) is 11.4 Å². The van der Waals surface area contributed by atoms with E-state index in [2.05, 4.69) is 46.3 Å². The van der Waals surface area contributed by atoms with Crippen LogP contribution in [-0.4, -0.2) is 49.4 Å². The summed E-state index contributed by atoms with van der Waals surface area (Å²) in [6.07, 6.45) is 1.69. The van der Waals surface area contributed by atoms with Gasteiger partial charge in [0.15, 0.2) is 0 Å². The SMILES string of the molecule is COc1ccc(C(C)(C)C)cc1NC(=O)Nc1ccc(Oc2ccnc(N3CCOCC3)n2)c2ccccc12. The number of hydrogen-bond acceptors (Lipinski definition) is 7. The number of anilines is 3. The monoisotopic (exact) mass is 527 g/mol. The largest absolute Gasteiger partial charge is 0.495 e. The van der Waals surface area contributed by atoms with Crippen molar-refractivity contribution in [3.8, 4) is 17.4 Å². The summed E-state index contributed by atoms with van der Waals surface area (Å²) in [6.45, 7) is 9.15. The quantitative estimate of drug-likeness (QED) is 0.308. The molecule has 5 rings (SSSR count). The van der Waals surface area contributed by atoms with Crippen molar-refractivity contribution in [3.63, 3.8) is 0 Å². The minimum atomic E-state index is -0.371. The number of rotatable bonds is 6. The lowest BCUT2D eigenvalue weighted by molar-refractivity contribution is 0.122. The molecule has 0 atom stereocenters. The van der Waals surface area contributed by atoms with E-state index >= 15 is 0 Å². The number of methoxy groups -OCH3 is 1. The van der Waals surface area contributed by atoms with Gasteiger partial charge < -0.3 is 29.7 Å². The predicted molar refractivity (Wildman–Crippen MR) is 153 cm³/mol. The van der Waals surface area contributed by atoms with Crippen molar-refractivity contribution in [3.05, 3.63) is 72.4 Å². The van der Waals surface area contributed by atoms with Crippen molar-refractivity contribution < 1.29 is 19.0 Å². The zero-order valence-electron chi connectivity index (χ0n) is 22.7. The Balaban J connectivity index is 1.37. The van der Waals surface area contributed by atoms with Gasteiger partial charge in [-0.3, -0.25) is 0 Å². The van der Waals surface area contributed by atoms with Crippen LogP contribution in [0.4, 0.5) is 22.1 Å². The molecule has 9 heteroatoms. The lowest BCUT2D eigenvalue weighted by Crippen LogP contribution is -2.37. The highest BCUT2D eigenvalue weighted by Crippen LogP contribution is 2.35. The van der Waals surface area contributed by atoms with E-state index in [9.17, 15) is 4.79 Å². The van der Waals surface area contributed by atoms with Crippen molar-refractivity contribution in [1.82, 2.24) is 9.97 Å². The molecule has 1 saturated heterocycles. The molecular formula is C30H33N5O4. The highest BCUT2D eigenvalue weighted by atomic mass is 16.5. The topological polar surface area (TPSA) is 97.8 Å². The van der Waals surface area contributed by atoms with Crippen LogP contribution in [0.1, 0.15) is 26.3 Å². The van der Waals surface area contributed by atoms with Crippen molar-refractivity contribution in [2.45, 2.75) is 26.2 Å². The van der Waals surface area contributed by atoms with Gasteiger partial charge in [0.1, 0.15) is 11.5 Å². The van der Waals surface area contributed by atoms with Crippen LogP contribution in [-0.2, 0) is 10.2 Å². The fraction of sp³-hybridized carbons (Fsp3) is 0.300. The van der Waals surface area contributed by atoms with Crippen molar-refractivity contribution in [1.29, 1.82) is 0 Å². The fourth-order valence-electron chi connectivity index (χ4n) is 4.44. The Morgan fingerprint density at radius 1 is 0.923 bits per heavy atom. The highest BCUT2D eigenvalue weighted by Gasteiger charge is 2.18. The molecule has 202 valence electrons. The van der Waals surface area contributed by atoms with Crippen LogP contribution in [0.15, 0.2) is 66.9 Å². The summed E-state index contributed by atoms with van der Waals surface area (Å²) in [5, 5.41) is 7.60. The number of ether oxygens (including phenoxy) is 3. The minimum absolute atomic E-state index is 0.0716. The molecule has 1 aliphatic heterocycles. The van der Waals surface area contributed by atoms with Crippen molar-refractivity contribution in [2.24, 2.45) is 0 Å². The van der Waals surface area contributed by atoms with Crippen LogP contribution in [0.5, 0.6) is 17.4 Å². The third-order valence-corrected chi connectivity index (χ3v) is 6.57.